The van der Waals surface area contributed by atoms with Crippen LogP contribution in [0.1, 0.15) is 18.4 Å². The van der Waals surface area contributed by atoms with Crippen molar-refractivity contribution in [2.75, 3.05) is 6.61 Å². The Labute approximate surface area is 84.2 Å². The lowest BCUT2D eigenvalue weighted by Crippen LogP contribution is -2.08. The first-order valence-corrected chi connectivity index (χ1v) is 4.58. The molecule has 2 nitrogen and oxygen atoms in total. The van der Waals surface area contributed by atoms with Gasteiger partial charge in [-0.25, -0.2) is 4.79 Å². The lowest BCUT2D eigenvalue weighted by molar-refractivity contribution is -0.138. The highest BCUT2D eigenvalue weighted by Crippen LogP contribution is 2.14. The number of esters is 1. The van der Waals surface area contributed by atoms with Crippen LogP contribution in [-0.4, -0.2) is 12.6 Å². The van der Waals surface area contributed by atoms with Crippen LogP contribution in [0.25, 0.3) is 0 Å². The first kappa shape index (κ1) is 10.5. The Morgan fingerprint density at radius 3 is 2.71 bits per heavy atom. The molecule has 1 aromatic rings. The Hall–Kier alpha value is -1.57. The second-order valence-electron chi connectivity index (χ2n) is 3.15. The average molecular weight is 190 g/mol. The Kier molecular flexibility index (Phi) is 3.92. The highest BCUT2D eigenvalue weighted by molar-refractivity contribution is 5.81. The summed E-state index contributed by atoms with van der Waals surface area (Å²) in [7, 11) is 0. The lowest BCUT2D eigenvalue weighted by atomic mass is 10.0. The van der Waals surface area contributed by atoms with Gasteiger partial charge in [-0.15, -0.1) is 0 Å². The van der Waals surface area contributed by atoms with Gasteiger partial charge in [0.25, 0.3) is 0 Å². The fourth-order valence-electron chi connectivity index (χ4n) is 1.14. The number of carbonyl (C=O) groups excluding carboxylic acids is 1. The number of rotatable bonds is 4. The van der Waals surface area contributed by atoms with E-state index in [0.717, 1.165) is 0 Å². The molecule has 0 saturated heterocycles. The summed E-state index contributed by atoms with van der Waals surface area (Å²) in [4.78, 5) is 10.8. The van der Waals surface area contributed by atoms with E-state index in [1.807, 2.05) is 37.3 Å². The van der Waals surface area contributed by atoms with Crippen molar-refractivity contribution in [3.8, 4) is 0 Å². The summed E-state index contributed by atoms with van der Waals surface area (Å²) < 4.78 is 4.95. The Balaban J connectivity index is 2.47. The van der Waals surface area contributed by atoms with Gasteiger partial charge in [-0.2, -0.15) is 0 Å². The smallest absolute Gasteiger partial charge is 0.330 e. The van der Waals surface area contributed by atoms with E-state index in [4.69, 9.17) is 4.74 Å². The molecule has 0 amide bonds. The predicted molar refractivity (Wildman–Crippen MR) is 56.0 cm³/mol. The molecule has 0 aliphatic heterocycles. The van der Waals surface area contributed by atoms with Gasteiger partial charge in [-0.3, -0.25) is 0 Å². The first-order chi connectivity index (χ1) is 6.74. The second-order valence-corrected chi connectivity index (χ2v) is 3.15. The zero-order chi connectivity index (χ0) is 10.4. The van der Waals surface area contributed by atoms with E-state index < -0.39 is 0 Å². The van der Waals surface area contributed by atoms with E-state index in [1.54, 1.807) is 0 Å². The molecule has 0 N–H and O–H groups in total. The fraction of sp³-hybridized carbons (Fsp3) is 0.250. The molecule has 0 heterocycles. The maximum absolute atomic E-state index is 10.8. The molecule has 1 aromatic carbocycles. The predicted octanol–water partition coefficient (Wildman–Crippen LogP) is 2.52. The van der Waals surface area contributed by atoms with Crippen LogP contribution in [0.2, 0.25) is 0 Å². The summed E-state index contributed by atoms with van der Waals surface area (Å²) in [6.07, 6.45) is 1.18. The van der Waals surface area contributed by atoms with Gasteiger partial charge in [-0.1, -0.05) is 43.8 Å². The van der Waals surface area contributed by atoms with Crippen molar-refractivity contribution in [2.24, 2.45) is 0 Å². The highest BCUT2D eigenvalue weighted by Gasteiger charge is 2.06. The van der Waals surface area contributed by atoms with Crippen LogP contribution in [-0.2, 0) is 9.53 Å². The van der Waals surface area contributed by atoms with Gasteiger partial charge in [-0.05, 0) is 5.56 Å². The third kappa shape index (κ3) is 3.05. The van der Waals surface area contributed by atoms with E-state index in [-0.39, 0.29) is 11.9 Å². The molecular weight excluding hydrogens is 176 g/mol. The highest BCUT2D eigenvalue weighted by atomic mass is 16.5. The molecule has 1 atom stereocenters. The number of hydrogen-bond acceptors (Lipinski definition) is 2. The van der Waals surface area contributed by atoms with E-state index in [9.17, 15) is 4.79 Å². The zero-order valence-electron chi connectivity index (χ0n) is 8.27. The third-order valence-corrected chi connectivity index (χ3v) is 2.01. The molecule has 0 unspecified atom stereocenters. The molecular formula is C12H14O2. The Bertz CT molecular complexity index is 303. The maximum Gasteiger partial charge on any atom is 0.330 e. The standard InChI is InChI=1S/C12H14O2/c1-3-12(13)14-9-10(2)11-7-5-4-6-8-11/h3-8,10H,1,9H2,2H3/t10-/m1/s1. The van der Waals surface area contributed by atoms with Gasteiger partial charge in [0.2, 0.25) is 0 Å². The van der Waals surface area contributed by atoms with E-state index in [1.165, 1.54) is 11.6 Å². The molecule has 0 aliphatic rings. The molecule has 0 aromatic heterocycles. The molecule has 0 fully saturated rings. The van der Waals surface area contributed by atoms with Gasteiger partial charge >= 0.3 is 5.97 Å². The van der Waals surface area contributed by atoms with Gasteiger partial charge in [0.15, 0.2) is 0 Å². The van der Waals surface area contributed by atoms with Crippen LogP contribution in [0.4, 0.5) is 0 Å². The summed E-state index contributed by atoms with van der Waals surface area (Å²) in [5, 5.41) is 0. The fourth-order valence-corrected chi connectivity index (χ4v) is 1.14. The van der Waals surface area contributed by atoms with Crippen molar-refractivity contribution in [3.63, 3.8) is 0 Å². The minimum Gasteiger partial charge on any atom is -0.462 e. The number of benzene rings is 1. The summed E-state index contributed by atoms with van der Waals surface area (Å²) in [6.45, 7) is 5.75. The number of ether oxygens (including phenoxy) is 1. The van der Waals surface area contributed by atoms with Crippen LogP contribution in [0.15, 0.2) is 43.0 Å². The monoisotopic (exact) mass is 190 g/mol. The topological polar surface area (TPSA) is 26.3 Å². The van der Waals surface area contributed by atoms with Gasteiger partial charge in [0, 0.05) is 12.0 Å². The molecule has 2 heteroatoms. The lowest BCUT2D eigenvalue weighted by Gasteiger charge is -2.10. The zero-order valence-corrected chi connectivity index (χ0v) is 8.27. The molecule has 0 aliphatic carbocycles. The number of hydrogen-bond donors (Lipinski definition) is 0. The summed E-state index contributed by atoms with van der Waals surface area (Å²) in [6, 6.07) is 9.95. The van der Waals surface area contributed by atoms with Crippen LogP contribution in [0, 0.1) is 0 Å². The van der Waals surface area contributed by atoms with Crippen LogP contribution < -0.4 is 0 Å². The SMILES string of the molecule is C=CC(=O)OC[C@@H](C)c1ccccc1. The van der Waals surface area contributed by atoms with Crippen LogP contribution >= 0.6 is 0 Å². The van der Waals surface area contributed by atoms with Crippen molar-refractivity contribution in [1.82, 2.24) is 0 Å². The van der Waals surface area contributed by atoms with Crippen LogP contribution in [0.5, 0.6) is 0 Å². The quantitative estimate of drug-likeness (QED) is 0.538. The second kappa shape index (κ2) is 5.22. The van der Waals surface area contributed by atoms with E-state index in [2.05, 4.69) is 6.58 Å². The Morgan fingerprint density at radius 2 is 2.14 bits per heavy atom. The summed E-state index contributed by atoms with van der Waals surface area (Å²) >= 11 is 0. The largest absolute Gasteiger partial charge is 0.462 e. The molecule has 74 valence electrons. The molecule has 0 radical (unpaired) electrons. The van der Waals surface area contributed by atoms with Gasteiger partial charge in [0.05, 0.1) is 6.61 Å². The maximum atomic E-state index is 10.8. The third-order valence-electron chi connectivity index (χ3n) is 2.01. The average Bonchev–Trinajstić information content (AvgIpc) is 2.26. The van der Waals surface area contributed by atoms with Crippen molar-refractivity contribution in [2.45, 2.75) is 12.8 Å². The van der Waals surface area contributed by atoms with Crippen molar-refractivity contribution < 1.29 is 9.53 Å². The molecule has 14 heavy (non-hydrogen) atoms. The minimum atomic E-state index is -0.368. The molecule has 0 spiro atoms. The normalized spacial score (nSPS) is 11.8. The van der Waals surface area contributed by atoms with Gasteiger partial charge in [0.1, 0.15) is 0 Å². The molecule has 0 bridgehead atoms. The first-order valence-electron chi connectivity index (χ1n) is 4.58. The van der Waals surface area contributed by atoms with Crippen molar-refractivity contribution >= 4 is 5.97 Å². The van der Waals surface area contributed by atoms with Crippen molar-refractivity contribution in [1.29, 1.82) is 0 Å². The molecule has 0 saturated carbocycles. The Morgan fingerprint density at radius 1 is 1.50 bits per heavy atom. The number of carbonyl (C=O) groups is 1. The van der Waals surface area contributed by atoms with E-state index in [0.29, 0.717) is 6.61 Å². The van der Waals surface area contributed by atoms with Gasteiger partial charge < -0.3 is 4.74 Å². The van der Waals surface area contributed by atoms with Crippen LogP contribution in [0.3, 0.4) is 0 Å². The summed E-state index contributed by atoms with van der Waals surface area (Å²) in [5.74, 6) is -0.145. The van der Waals surface area contributed by atoms with E-state index >= 15 is 0 Å². The summed E-state index contributed by atoms with van der Waals surface area (Å²) in [5.41, 5.74) is 1.17. The molecule has 1 rings (SSSR count). The van der Waals surface area contributed by atoms with Crippen molar-refractivity contribution in [3.05, 3.63) is 48.6 Å². The minimum absolute atomic E-state index is 0.222.